The molecule has 0 fully saturated rings. The summed E-state index contributed by atoms with van der Waals surface area (Å²) in [6.07, 6.45) is 1.65. The molecule has 2 aromatic carbocycles. The Kier molecular flexibility index (Phi) is 4.48. The molecule has 0 N–H and O–H groups in total. The molecule has 5 heteroatoms. The Morgan fingerprint density at radius 3 is 2.55 bits per heavy atom. The predicted molar refractivity (Wildman–Crippen MR) is 85.7 cm³/mol. The zero-order chi connectivity index (χ0) is 14.5. The maximum Gasteiger partial charge on any atom is 0.270 e. The van der Waals surface area contributed by atoms with Gasteiger partial charge in [-0.25, -0.2) is 0 Å². The lowest BCUT2D eigenvalue weighted by Crippen LogP contribution is -1.88. The van der Waals surface area contributed by atoms with Crippen molar-refractivity contribution < 1.29 is 4.92 Å². The standard InChI is InChI=1S/C15H9IN2O2/c16-14-6-4-12(5-7-14)13(10-17)8-11-2-1-3-15(9-11)18(19)20/h1-9H/b13-8-. The Labute approximate surface area is 129 Å². The van der Waals surface area contributed by atoms with E-state index in [1.165, 1.54) is 12.1 Å². The zero-order valence-electron chi connectivity index (χ0n) is 10.3. The largest absolute Gasteiger partial charge is 0.270 e. The van der Waals surface area contributed by atoms with Crippen molar-refractivity contribution in [2.24, 2.45) is 0 Å². The number of hydrogen-bond acceptors (Lipinski definition) is 3. The predicted octanol–water partition coefficient (Wildman–Crippen LogP) is 4.26. The number of hydrogen-bond donors (Lipinski definition) is 0. The fourth-order valence-corrected chi connectivity index (χ4v) is 2.06. The Morgan fingerprint density at radius 1 is 1.25 bits per heavy atom. The highest BCUT2D eigenvalue weighted by Crippen LogP contribution is 2.21. The van der Waals surface area contributed by atoms with Gasteiger partial charge in [-0.3, -0.25) is 10.1 Å². The van der Waals surface area contributed by atoms with Crippen LogP contribution in [0.3, 0.4) is 0 Å². The number of non-ortho nitro benzene ring substituents is 1. The number of nitro benzene ring substituents is 1. The monoisotopic (exact) mass is 376 g/mol. The molecule has 0 heterocycles. The Bertz CT molecular complexity index is 715. The van der Waals surface area contributed by atoms with Crippen LogP contribution < -0.4 is 0 Å². The van der Waals surface area contributed by atoms with Crippen LogP contribution in [-0.2, 0) is 0 Å². The molecule has 0 aliphatic carbocycles. The van der Waals surface area contributed by atoms with Crippen molar-refractivity contribution in [3.05, 3.63) is 73.3 Å². The summed E-state index contributed by atoms with van der Waals surface area (Å²) in [5.41, 5.74) is 1.91. The first-order valence-electron chi connectivity index (χ1n) is 5.72. The van der Waals surface area contributed by atoms with Crippen molar-refractivity contribution in [1.29, 1.82) is 5.26 Å². The average Bonchev–Trinajstić information content (AvgIpc) is 2.46. The number of nitriles is 1. The van der Waals surface area contributed by atoms with Crippen LogP contribution in [0.4, 0.5) is 5.69 Å². The van der Waals surface area contributed by atoms with Crippen molar-refractivity contribution in [3.63, 3.8) is 0 Å². The van der Waals surface area contributed by atoms with Gasteiger partial charge in [0.1, 0.15) is 0 Å². The van der Waals surface area contributed by atoms with Gasteiger partial charge in [0, 0.05) is 15.7 Å². The van der Waals surface area contributed by atoms with E-state index >= 15 is 0 Å². The lowest BCUT2D eigenvalue weighted by atomic mass is 10.0. The Balaban J connectivity index is 2.41. The van der Waals surface area contributed by atoms with E-state index in [9.17, 15) is 15.4 Å². The number of halogens is 1. The summed E-state index contributed by atoms with van der Waals surface area (Å²) in [5.74, 6) is 0. The van der Waals surface area contributed by atoms with E-state index in [1.807, 2.05) is 24.3 Å². The van der Waals surface area contributed by atoms with E-state index < -0.39 is 4.92 Å². The van der Waals surface area contributed by atoms with Crippen LogP contribution >= 0.6 is 22.6 Å². The van der Waals surface area contributed by atoms with Gasteiger partial charge in [-0.15, -0.1) is 0 Å². The molecular weight excluding hydrogens is 367 g/mol. The molecule has 0 saturated heterocycles. The van der Waals surface area contributed by atoms with Crippen molar-refractivity contribution in [2.45, 2.75) is 0 Å². The summed E-state index contributed by atoms with van der Waals surface area (Å²) < 4.78 is 1.08. The first-order chi connectivity index (χ1) is 9.60. The van der Waals surface area contributed by atoms with Gasteiger partial charge in [0.2, 0.25) is 0 Å². The molecule has 20 heavy (non-hydrogen) atoms. The number of rotatable bonds is 3. The highest BCUT2D eigenvalue weighted by molar-refractivity contribution is 14.1. The molecule has 0 radical (unpaired) electrons. The van der Waals surface area contributed by atoms with E-state index in [0.29, 0.717) is 11.1 Å². The third-order valence-corrected chi connectivity index (χ3v) is 3.39. The highest BCUT2D eigenvalue weighted by atomic mass is 127. The summed E-state index contributed by atoms with van der Waals surface area (Å²) in [6, 6.07) is 15.9. The molecule has 0 saturated carbocycles. The van der Waals surface area contributed by atoms with Crippen LogP contribution in [0.5, 0.6) is 0 Å². The second kappa shape index (κ2) is 6.30. The first kappa shape index (κ1) is 14.2. The lowest BCUT2D eigenvalue weighted by Gasteiger charge is -2.00. The summed E-state index contributed by atoms with van der Waals surface area (Å²) in [5, 5.41) is 20.0. The molecule has 0 amide bonds. The van der Waals surface area contributed by atoms with E-state index in [0.717, 1.165) is 9.13 Å². The van der Waals surface area contributed by atoms with Crippen LogP contribution in [0.25, 0.3) is 11.6 Å². The second-order valence-electron chi connectivity index (χ2n) is 4.03. The SMILES string of the molecule is N#C/C(=C/c1cccc([N+](=O)[O-])c1)c1ccc(I)cc1. The van der Waals surface area contributed by atoms with E-state index in [2.05, 4.69) is 28.7 Å². The summed E-state index contributed by atoms with van der Waals surface area (Å²) >= 11 is 2.19. The third kappa shape index (κ3) is 3.42. The van der Waals surface area contributed by atoms with Crippen molar-refractivity contribution in [2.75, 3.05) is 0 Å². The number of allylic oxidation sites excluding steroid dienone is 1. The lowest BCUT2D eigenvalue weighted by molar-refractivity contribution is -0.384. The maximum absolute atomic E-state index is 10.7. The minimum absolute atomic E-state index is 0.0126. The Morgan fingerprint density at radius 2 is 1.95 bits per heavy atom. The van der Waals surface area contributed by atoms with E-state index in [1.54, 1.807) is 18.2 Å². The molecule has 0 aromatic heterocycles. The second-order valence-corrected chi connectivity index (χ2v) is 5.27. The van der Waals surface area contributed by atoms with Gasteiger partial charge >= 0.3 is 0 Å². The van der Waals surface area contributed by atoms with Crippen molar-refractivity contribution >= 4 is 39.9 Å². The number of nitrogens with zero attached hydrogens (tertiary/aromatic N) is 2. The molecule has 2 aromatic rings. The third-order valence-electron chi connectivity index (χ3n) is 2.67. The minimum Gasteiger partial charge on any atom is -0.258 e. The van der Waals surface area contributed by atoms with Crippen molar-refractivity contribution in [1.82, 2.24) is 0 Å². The van der Waals surface area contributed by atoms with Crippen molar-refractivity contribution in [3.8, 4) is 6.07 Å². The molecule has 0 bridgehead atoms. The normalized spacial score (nSPS) is 10.9. The fraction of sp³-hybridized carbons (Fsp3) is 0. The summed E-state index contributed by atoms with van der Waals surface area (Å²) in [4.78, 5) is 10.3. The quantitative estimate of drug-likeness (QED) is 0.264. The van der Waals surface area contributed by atoms with Gasteiger partial charge in [0.15, 0.2) is 0 Å². The van der Waals surface area contributed by atoms with Gasteiger partial charge < -0.3 is 0 Å². The number of nitro groups is 1. The van der Waals surface area contributed by atoms with E-state index in [-0.39, 0.29) is 5.69 Å². The molecule has 0 aliphatic rings. The van der Waals surface area contributed by atoms with Crippen LogP contribution in [0, 0.1) is 25.0 Å². The van der Waals surface area contributed by atoms with Gasteiger partial charge in [-0.05, 0) is 51.9 Å². The molecule has 2 rings (SSSR count). The molecule has 98 valence electrons. The first-order valence-corrected chi connectivity index (χ1v) is 6.80. The van der Waals surface area contributed by atoms with Crippen LogP contribution in [0.1, 0.15) is 11.1 Å². The van der Waals surface area contributed by atoms with Crippen LogP contribution in [0.15, 0.2) is 48.5 Å². The van der Waals surface area contributed by atoms with Crippen LogP contribution in [0.2, 0.25) is 0 Å². The molecular formula is C15H9IN2O2. The zero-order valence-corrected chi connectivity index (χ0v) is 12.4. The molecule has 0 unspecified atom stereocenters. The van der Waals surface area contributed by atoms with Gasteiger partial charge in [0.05, 0.1) is 16.6 Å². The van der Waals surface area contributed by atoms with Gasteiger partial charge in [-0.2, -0.15) is 5.26 Å². The summed E-state index contributed by atoms with van der Waals surface area (Å²) in [6.45, 7) is 0. The smallest absolute Gasteiger partial charge is 0.258 e. The topological polar surface area (TPSA) is 66.9 Å². The molecule has 0 aliphatic heterocycles. The van der Waals surface area contributed by atoms with Crippen LogP contribution in [-0.4, -0.2) is 4.92 Å². The molecule has 0 spiro atoms. The average molecular weight is 376 g/mol. The summed E-state index contributed by atoms with van der Waals surface area (Å²) in [7, 11) is 0. The molecule has 0 atom stereocenters. The number of benzene rings is 2. The Hall–Kier alpha value is -2.20. The van der Waals surface area contributed by atoms with E-state index in [4.69, 9.17) is 0 Å². The fourth-order valence-electron chi connectivity index (χ4n) is 1.70. The van der Waals surface area contributed by atoms with Gasteiger partial charge in [-0.1, -0.05) is 24.3 Å². The minimum atomic E-state index is -0.450. The molecule has 4 nitrogen and oxygen atoms in total. The maximum atomic E-state index is 10.7. The highest BCUT2D eigenvalue weighted by Gasteiger charge is 2.06. The van der Waals surface area contributed by atoms with Gasteiger partial charge in [0.25, 0.3) is 5.69 Å².